The molecule has 3 heterocycles. The van der Waals surface area contributed by atoms with Crippen LogP contribution >= 0.6 is 0 Å². The van der Waals surface area contributed by atoms with Crippen molar-refractivity contribution in [2.24, 2.45) is 0 Å². The molecule has 2 aliphatic rings. The Kier molecular flexibility index (Phi) is 6.10. The third-order valence-corrected chi connectivity index (χ3v) is 7.35. The number of piperazine rings is 1. The van der Waals surface area contributed by atoms with Gasteiger partial charge in [-0.1, -0.05) is 48.5 Å². The largest absolute Gasteiger partial charge is 0.495 e. The fourth-order valence-corrected chi connectivity index (χ4v) is 5.25. The minimum Gasteiger partial charge on any atom is -0.495 e. The Morgan fingerprint density at radius 1 is 0.865 bits per heavy atom. The van der Waals surface area contributed by atoms with Crippen molar-refractivity contribution in [2.45, 2.75) is 19.3 Å². The second-order valence-electron chi connectivity index (χ2n) is 9.44. The lowest BCUT2D eigenvalue weighted by Gasteiger charge is -2.51. The molecule has 7 heteroatoms. The Bertz CT molecular complexity index is 1470. The summed E-state index contributed by atoms with van der Waals surface area (Å²) in [5.74, 6) is 1.07. The van der Waals surface area contributed by atoms with E-state index in [-0.39, 0.29) is 5.43 Å². The molecule has 2 aliphatic heterocycles. The molecule has 0 spiro atoms. The molecule has 6 rings (SSSR count). The summed E-state index contributed by atoms with van der Waals surface area (Å²) in [5.41, 5.74) is 2.92. The van der Waals surface area contributed by atoms with Gasteiger partial charge in [0.05, 0.1) is 31.2 Å². The van der Waals surface area contributed by atoms with Crippen LogP contribution in [0.25, 0.3) is 22.3 Å². The number of hydrogen-bond acceptors (Lipinski definition) is 7. The molecular weight excluding hydrogens is 468 g/mol. The molecule has 4 aromatic rings. The first-order chi connectivity index (χ1) is 18.1. The Balaban J connectivity index is 1.29. The number of ether oxygens (including phenoxy) is 3. The van der Waals surface area contributed by atoms with Crippen LogP contribution in [-0.4, -0.2) is 50.7 Å². The molecule has 0 aliphatic carbocycles. The summed E-state index contributed by atoms with van der Waals surface area (Å²) in [6.07, 6.45) is 0.736. The number of anilines is 1. The predicted molar refractivity (Wildman–Crippen MR) is 143 cm³/mol. The fraction of sp³-hybridized carbons (Fsp3) is 0.300. The highest BCUT2D eigenvalue weighted by atomic mass is 16.7. The van der Waals surface area contributed by atoms with E-state index in [2.05, 4.69) is 15.9 Å². The lowest BCUT2D eigenvalue weighted by molar-refractivity contribution is -0.343. The van der Waals surface area contributed by atoms with Gasteiger partial charge in [-0.3, -0.25) is 4.79 Å². The molecule has 0 radical (unpaired) electrons. The van der Waals surface area contributed by atoms with Gasteiger partial charge in [0.15, 0.2) is 16.8 Å². The van der Waals surface area contributed by atoms with Crippen LogP contribution in [0.5, 0.6) is 11.5 Å². The van der Waals surface area contributed by atoms with E-state index in [0.717, 1.165) is 49.6 Å². The van der Waals surface area contributed by atoms with Crippen LogP contribution in [0.15, 0.2) is 82.0 Å². The van der Waals surface area contributed by atoms with Gasteiger partial charge in [0.1, 0.15) is 11.5 Å². The number of benzene rings is 3. The average molecular weight is 499 g/mol. The van der Waals surface area contributed by atoms with Crippen molar-refractivity contribution in [3.63, 3.8) is 0 Å². The van der Waals surface area contributed by atoms with Gasteiger partial charge < -0.3 is 23.5 Å². The molecule has 3 aromatic carbocycles. The zero-order valence-corrected chi connectivity index (χ0v) is 21.1. The zero-order chi connectivity index (χ0) is 25.4. The van der Waals surface area contributed by atoms with E-state index in [1.54, 1.807) is 20.1 Å². The van der Waals surface area contributed by atoms with Crippen molar-refractivity contribution in [1.82, 2.24) is 4.90 Å². The minimum atomic E-state index is -0.877. The highest BCUT2D eigenvalue weighted by molar-refractivity contribution is 5.85. The summed E-state index contributed by atoms with van der Waals surface area (Å²) in [4.78, 5) is 17.8. The Hall–Kier alpha value is -3.81. The van der Waals surface area contributed by atoms with E-state index in [0.29, 0.717) is 34.6 Å². The van der Waals surface area contributed by atoms with E-state index in [4.69, 9.17) is 18.6 Å². The van der Waals surface area contributed by atoms with Crippen LogP contribution in [0.2, 0.25) is 0 Å². The monoisotopic (exact) mass is 498 g/mol. The Labute approximate surface area is 215 Å². The predicted octanol–water partition coefficient (Wildman–Crippen LogP) is 5.05. The van der Waals surface area contributed by atoms with Crippen LogP contribution < -0.4 is 19.8 Å². The number of nitrogens with zero attached hydrogens (tertiary/aromatic N) is 2. The number of methoxy groups -OCH3 is 1. The summed E-state index contributed by atoms with van der Waals surface area (Å²) in [7, 11) is 1.70. The standard InChI is InChI=1S/C30H30N2O5/c1-21-27(33)23-11-8-14-26(29(23)36-28(21)22-9-4-3-5-10-22)37-30(15-20-35-30)32-18-16-31(17-19-32)24-12-6-7-13-25(24)34-2/h3-14H,15-20H2,1-2H3. The molecule has 190 valence electrons. The lowest BCUT2D eigenvalue weighted by atomic mass is 10.1. The summed E-state index contributed by atoms with van der Waals surface area (Å²) < 4.78 is 24.6. The smallest absolute Gasteiger partial charge is 0.275 e. The highest BCUT2D eigenvalue weighted by Gasteiger charge is 2.48. The van der Waals surface area contributed by atoms with Crippen LogP contribution in [-0.2, 0) is 4.74 Å². The van der Waals surface area contributed by atoms with E-state index >= 15 is 0 Å². The summed E-state index contributed by atoms with van der Waals surface area (Å²) >= 11 is 0. The fourth-order valence-electron chi connectivity index (χ4n) is 5.25. The lowest BCUT2D eigenvalue weighted by Crippen LogP contribution is -2.66. The molecule has 1 aromatic heterocycles. The molecule has 0 amide bonds. The van der Waals surface area contributed by atoms with Crippen LogP contribution in [0.4, 0.5) is 5.69 Å². The number of fused-ring (bicyclic) bond motifs is 1. The summed E-state index contributed by atoms with van der Waals surface area (Å²) in [6.45, 7) is 5.59. The summed E-state index contributed by atoms with van der Waals surface area (Å²) in [5, 5.41) is 0.505. The molecule has 0 N–H and O–H groups in total. The minimum absolute atomic E-state index is 0.0560. The van der Waals surface area contributed by atoms with Crippen molar-refractivity contribution >= 4 is 16.7 Å². The van der Waals surface area contributed by atoms with Crippen molar-refractivity contribution in [3.8, 4) is 22.8 Å². The zero-order valence-electron chi connectivity index (χ0n) is 21.1. The second-order valence-corrected chi connectivity index (χ2v) is 9.44. The van der Waals surface area contributed by atoms with Crippen molar-refractivity contribution in [1.29, 1.82) is 0 Å². The molecule has 1 unspecified atom stereocenters. The normalized spacial score (nSPS) is 20.0. The molecular formula is C30H30N2O5. The number of hydrogen-bond donors (Lipinski definition) is 0. The van der Waals surface area contributed by atoms with Crippen LogP contribution in [0, 0.1) is 6.92 Å². The third kappa shape index (κ3) is 4.14. The van der Waals surface area contributed by atoms with Crippen molar-refractivity contribution in [2.75, 3.05) is 44.8 Å². The number of rotatable bonds is 6. The SMILES string of the molecule is COc1ccccc1N1CCN(C2(Oc3cccc4c(=O)c(C)c(-c5ccccc5)oc34)CCO2)CC1. The maximum absolute atomic E-state index is 13.3. The molecule has 2 saturated heterocycles. The first kappa shape index (κ1) is 23.6. The highest BCUT2D eigenvalue weighted by Crippen LogP contribution is 2.39. The molecule has 1 atom stereocenters. The first-order valence-corrected chi connectivity index (χ1v) is 12.7. The quantitative estimate of drug-likeness (QED) is 0.369. The van der Waals surface area contributed by atoms with Crippen molar-refractivity contribution < 1.29 is 18.6 Å². The van der Waals surface area contributed by atoms with E-state index in [1.807, 2.05) is 60.7 Å². The topological polar surface area (TPSA) is 64.4 Å². The van der Waals surface area contributed by atoms with Crippen LogP contribution in [0.3, 0.4) is 0 Å². The van der Waals surface area contributed by atoms with E-state index in [1.165, 1.54) is 0 Å². The van der Waals surface area contributed by atoms with Crippen molar-refractivity contribution in [3.05, 3.63) is 88.6 Å². The molecule has 2 fully saturated rings. The van der Waals surface area contributed by atoms with Gasteiger partial charge in [0, 0.05) is 37.3 Å². The molecule has 7 nitrogen and oxygen atoms in total. The Morgan fingerprint density at radius 3 is 2.27 bits per heavy atom. The van der Waals surface area contributed by atoms with Gasteiger partial charge in [-0.25, -0.2) is 4.90 Å². The van der Waals surface area contributed by atoms with E-state index < -0.39 is 5.91 Å². The first-order valence-electron chi connectivity index (χ1n) is 12.7. The van der Waals surface area contributed by atoms with Gasteiger partial charge in [0.2, 0.25) is 0 Å². The maximum atomic E-state index is 13.3. The summed E-state index contributed by atoms with van der Waals surface area (Å²) in [6, 6.07) is 23.3. The molecule has 0 saturated carbocycles. The maximum Gasteiger partial charge on any atom is 0.275 e. The van der Waals surface area contributed by atoms with E-state index in [9.17, 15) is 4.79 Å². The van der Waals surface area contributed by atoms with Crippen LogP contribution in [0.1, 0.15) is 12.0 Å². The third-order valence-electron chi connectivity index (χ3n) is 7.35. The van der Waals surface area contributed by atoms with Gasteiger partial charge in [0.25, 0.3) is 5.91 Å². The van der Waals surface area contributed by atoms with Gasteiger partial charge in [-0.05, 0) is 31.2 Å². The molecule has 0 bridgehead atoms. The molecule has 37 heavy (non-hydrogen) atoms. The second kappa shape index (κ2) is 9.57. The number of para-hydroxylation sites is 3. The van der Waals surface area contributed by atoms with Gasteiger partial charge in [-0.15, -0.1) is 0 Å². The van der Waals surface area contributed by atoms with Gasteiger partial charge >= 0.3 is 0 Å². The Morgan fingerprint density at radius 2 is 1.57 bits per heavy atom. The average Bonchev–Trinajstić information content (AvgIpc) is 2.93. The van der Waals surface area contributed by atoms with Gasteiger partial charge in [-0.2, -0.15) is 0 Å².